The van der Waals surface area contributed by atoms with Crippen molar-refractivity contribution in [3.8, 4) is 5.75 Å². The van der Waals surface area contributed by atoms with Crippen LogP contribution in [-0.2, 0) is 16.0 Å². The molecule has 0 unspecified atom stereocenters. The van der Waals surface area contributed by atoms with Gasteiger partial charge in [0.15, 0.2) is 24.0 Å². The van der Waals surface area contributed by atoms with Crippen LogP contribution in [0.1, 0.15) is 29.1 Å². The molecule has 0 saturated heterocycles. The van der Waals surface area contributed by atoms with Crippen LogP contribution in [0.25, 0.3) is 0 Å². The van der Waals surface area contributed by atoms with Crippen molar-refractivity contribution in [3.05, 3.63) is 45.8 Å². The summed E-state index contributed by atoms with van der Waals surface area (Å²) in [6.07, 6.45) is 0.600. The molecule has 10 heteroatoms. The summed E-state index contributed by atoms with van der Waals surface area (Å²) < 4.78 is 62.8. The van der Waals surface area contributed by atoms with Gasteiger partial charge < -0.3 is 14.8 Å². The van der Waals surface area contributed by atoms with Crippen molar-refractivity contribution in [2.75, 3.05) is 18.5 Å². The van der Waals surface area contributed by atoms with Gasteiger partial charge in [0.1, 0.15) is 5.00 Å². The third kappa shape index (κ3) is 4.76. The Kier molecular flexibility index (Phi) is 6.78. The average molecular weight is 405 g/mol. The number of halogens is 4. The molecule has 0 saturated carbocycles. The first-order valence-corrected chi connectivity index (χ1v) is 8.65. The van der Waals surface area contributed by atoms with Crippen LogP contribution in [-0.4, -0.2) is 25.1 Å². The van der Waals surface area contributed by atoms with Gasteiger partial charge in [0.05, 0.1) is 12.2 Å². The van der Waals surface area contributed by atoms with Crippen LogP contribution in [0, 0.1) is 23.3 Å². The second kappa shape index (κ2) is 8.85. The first-order chi connectivity index (χ1) is 12.8. The molecular formula is C17H15F4NO4S. The highest BCUT2D eigenvalue weighted by molar-refractivity contribution is 7.16. The lowest BCUT2D eigenvalue weighted by Gasteiger charge is -2.10. The van der Waals surface area contributed by atoms with Gasteiger partial charge in [-0.2, -0.15) is 8.78 Å². The Hall–Kier alpha value is -2.62. The minimum atomic E-state index is -1.75. The van der Waals surface area contributed by atoms with Gasteiger partial charge in [0.2, 0.25) is 11.6 Å². The lowest BCUT2D eigenvalue weighted by molar-refractivity contribution is -0.118. The lowest BCUT2D eigenvalue weighted by atomic mass is 10.2. The first kappa shape index (κ1) is 20.7. The Morgan fingerprint density at radius 1 is 1.07 bits per heavy atom. The van der Waals surface area contributed by atoms with E-state index in [1.807, 2.05) is 6.92 Å². The van der Waals surface area contributed by atoms with E-state index >= 15 is 0 Å². The van der Waals surface area contributed by atoms with Crippen LogP contribution < -0.4 is 10.1 Å². The quantitative estimate of drug-likeness (QED) is 0.429. The maximum absolute atomic E-state index is 13.5. The lowest BCUT2D eigenvalue weighted by Crippen LogP contribution is -2.22. The number of hydrogen-bond acceptors (Lipinski definition) is 5. The van der Waals surface area contributed by atoms with Crippen molar-refractivity contribution in [2.45, 2.75) is 20.3 Å². The van der Waals surface area contributed by atoms with Gasteiger partial charge in [-0.1, -0.05) is 6.92 Å². The van der Waals surface area contributed by atoms with E-state index < -0.39 is 47.5 Å². The summed E-state index contributed by atoms with van der Waals surface area (Å²) in [5.74, 6) is -9.67. The standard InChI is InChI=1S/C17H15F4NO4S/c1-3-8-5-9(17(24)25-4-2)16(27-8)22-12(23)7-26-15-13(20)10(18)6-11(19)14(15)21/h5-6H,3-4,7H2,1-2H3,(H,22,23). The van der Waals surface area contributed by atoms with Crippen molar-refractivity contribution in [3.63, 3.8) is 0 Å². The fourth-order valence-electron chi connectivity index (χ4n) is 2.05. The largest absolute Gasteiger partial charge is 0.477 e. The Labute approximate surface area is 155 Å². The Morgan fingerprint density at radius 3 is 2.26 bits per heavy atom. The predicted octanol–water partition coefficient (Wildman–Crippen LogP) is 4.06. The van der Waals surface area contributed by atoms with Crippen LogP contribution in [0.15, 0.2) is 12.1 Å². The van der Waals surface area contributed by atoms with Gasteiger partial charge in [-0.05, 0) is 19.4 Å². The van der Waals surface area contributed by atoms with Crippen LogP contribution in [0.2, 0.25) is 0 Å². The molecule has 5 nitrogen and oxygen atoms in total. The molecule has 2 rings (SSSR count). The van der Waals surface area contributed by atoms with Gasteiger partial charge in [-0.3, -0.25) is 4.79 Å². The van der Waals surface area contributed by atoms with Crippen LogP contribution in [0.5, 0.6) is 5.75 Å². The number of amides is 1. The summed E-state index contributed by atoms with van der Waals surface area (Å²) in [5.41, 5.74) is 0.126. The molecular weight excluding hydrogens is 390 g/mol. The number of ether oxygens (including phenoxy) is 2. The van der Waals surface area contributed by atoms with Crippen molar-refractivity contribution in [2.24, 2.45) is 0 Å². The molecule has 1 amide bonds. The summed E-state index contributed by atoms with van der Waals surface area (Å²) in [6, 6.07) is 1.58. The number of hydrogen-bond donors (Lipinski definition) is 1. The predicted molar refractivity (Wildman–Crippen MR) is 90.1 cm³/mol. The zero-order valence-corrected chi connectivity index (χ0v) is 15.1. The zero-order chi connectivity index (χ0) is 20.1. The van der Waals surface area contributed by atoms with E-state index in [4.69, 9.17) is 4.74 Å². The Bertz CT molecular complexity index is 843. The normalized spacial score (nSPS) is 10.6. The topological polar surface area (TPSA) is 64.6 Å². The third-order valence-corrected chi connectivity index (χ3v) is 4.49. The van der Waals surface area contributed by atoms with E-state index in [2.05, 4.69) is 10.1 Å². The maximum atomic E-state index is 13.5. The number of thiophene rings is 1. The van der Waals surface area contributed by atoms with Crippen molar-refractivity contribution < 1.29 is 36.6 Å². The fraction of sp³-hybridized carbons (Fsp3) is 0.294. The van der Waals surface area contributed by atoms with Crippen LogP contribution >= 0.6 is 11.3 Å². The van der Waals surface area contributed by atoms with Gasteiger partial charge in [0, 0.05) is 10.9 Å². The number of carbonyl (C=O) groups excluding carboxylic acids is 2. The molecule has 0 bridgehead atoms. The van der Waals surface area contributed by atoms with E-state index in [1.54, 1.807) is 13.0 Å². The van der Waals surface area contributed by atoms with E-state index in [9.17, 15) is 27.2 Å². The minimum absolute atomic E-state index is 0.0289. The molecule has 0 fully saturated rings. The molecule has 0 spiro atoms. The number of aryl methyl sites for hydroxylation is 1. The number of benzene rings is 1. The Morgan fingerprint density at radius 2 is 1.70 bits per heavy atom. The van der Waals surface area contributed by atoms with E-state index in [-0.39, 0.29) is 23.2 Å². The molecule has 2 aromatic rings. The molecule has 146 valence electrons. The highest BCUT2D eigenvalue weighted by Gasteiger charge is 2.23. The molecule has 0 atom stereocenters. The van der Waals surface area contributed by atoms with E-state index in [1.165, 1.54) is 0 Å². The second-order valence-electron chi connectivity index (χ2n) is 5.16. The number of rotatable bonds is 7. The molecule has 1 aromatic heterocycles. The van der Waals surface area contributed by atoms with E-state index in [0.29, 0.717) is 6.42 Å². The smallest absolute Gasteiger partial charge is 0.341 e. The molecule has 0 aliphatic rings. The first-order valence-electron chi connectivity index (χ1n) is 7.83. The molecule has 0 aliphatic heterocycles. The molecule has 1 N–H and O–H groups in total. The monoisotopic (exact) mass is 405 g/mol. The van der Waals surface area contributed by atoms with Gasteiger partial charge >= 0.3 is 5.97 Å². The summed E-state index contributed by atoms with van der Waals surface area (Å²) >= 11 is 1.12. The summed E-state index contributed by atoms with van der Waals surface area (Å²) in [7, 11) is 0. The minimum Gasteiger partial charge on any atom is -0.477 e. The molecule has 0 radical (unpaired) electrons. The summed E-state index contributed by atoms with van der Waals surface area (Å²) in [4.78, 5) is 24.7. The molecule has 0 aliphatic carbocycles. The highest BCUT2D eigenvalue weighted by Crippen LogP contribution is 2.30. The van der Waals surface area contributed by atoms with E-state index in [0.717, 1.165) is 16.2 Å². The van der Waals surface area contributed by atoms with Crippen LogP contribution in [0.4, 0.5) is 22.6 Å². The zero-order valence-electron chi connectivity index (χ0n) is 14.3. The highest BCUT2D eigenvalue weighted by atomic mass is 32.1. The van der Waals surface area contributed by atoms with Crippen molar-refractivity contribution in [1.29, 1.82) is 0 Å². The summed E-state index contributed by atoms with van der Waals surface area (Å²) in [5, 5.41) is 2.54. The fourth-order valence-corrected chi connectivity index (χ4v) is 3.05. The van der Waals surface area contributed by atoms with Crippen molar-refractivity contribution in [1.82, 2.24) is 0 Å². The second-order valence-corrected chi connectivity index (χ2v) is 6.30. The van der Waals surface area contributed by atoms with Gasteiger partial charge in [-0.15, -0.1) is 11.3 Å². The third-order valence-electron chi connectivity index (χ3n) is 3.30. The maximum Gasteiger partial charge on any atom is 0.341 e. The number of esters is 1. The van der Waals surface area contributed by atoms with Crippen LogP contribution in [0.3, 0.4) is 0 Å². The average Bonchev–Trinajstić information content (AvgIpc) is 3.03. The number of nitrogens with one attached hydrogen (secondary N) is 1. The molecule has 1 heterocycles. The Balaban J connectivity index is 2.13. The SMILES string of the molecule is CCOC(=O)c1cc(CC)sc1NC(=O)COc1c(F)c(F)cc(F)c1F. The number of anilines is 1. The van der Waals surface area contributed by atoms with Crippen molar-refractivity contribution >= 4 is 28.2 Å². The summed E-state index contributed by atoms with van der Waals surface area (Å²) in [6.45, 7) is 2.67. The molecule has 27 heavy (non-hydrogen) atoms. The van der Waals surface area contributed by atoms with Gasteiger partial charge in [0.25, 0.3) is 5.91 Å². The van der Waals surface area contributed by atoms with Gasteiger partial charge in [-0.25, -0.2) is 13.6 Å². The number of carbonyl (C=O) groups is 2. The molecule has 1 aromatic carbocycles.